The number of hydrogen-bond acceptors (Lipinski definition) is 1. The van der Waals surface area contributed by atoms with Gasteiger partial charge in [0, 0.05) is 17.0 Å². The van der Waals surface area contributed by atoms with Crippen LogP contribution in [0.1, 0.15) is 26.2 Å². The maximum absolute atomic E-state index is 5.84. The maximum Gasteiger partial charge on any atom is 0.0178 e. The molecule has 1 nitrogen and oxygen atoms in total. The van der Waals surface area contributed by atoms with Crippen LogP contribution in [-0.2, 0) is 0 Å². The Balaban J connectivity index is 2.59. The summed E-state index contributed by atoms with van der Waals surface area (Å²) in [5.74, 6) is 0. The molecule has 0 aromatic heterocycles. The predicted molar refractivity (Wildman–Crippen MR) is 40.4 cm³/mol. The minimum absolute atomic E-state index is 0.0498. The van der Waals surface area contributed by atoms with Crippen LogP contribution in [0.4, 0.5) is 0 Å². The van der Waals surface area contributed by atoms with Crippen molar-refractivity contribution in [2.24, 2.45) is 5.73 Å². The van der Waals surface area contributed by atoms with Crippen molar-refractivity contribution in [3.05, 3.63) is 11.1 Å². The lowest BCUT2D eigenvalue weighted by Crippen LogP contribution is -2.37. The van der Waals surface area contributed by atoms with Crippen LogP contribution in [0.25, 0.3) is 0 Å². The minimum atomic E-state index is -0.0498. The first-order chi connectivity index (χ1) is 4.10. The lowest BCUT2D eigenvalue weighted by atomic mass is 9.89. The van der Waals surface area contributed by atoms with Gasteiger partial charge in [-0.15, -0.1) is 0 Å². The van der Waals surface area contributed by atoms with E-state index in [0.29, 0.717) is 0 Å². The van der Waals surface area contributed by atoms with Gasteiger partial charge in [0.15, 0.2) is 0 Å². The van der Waals surface area contributed by atoms with Crippen LogP contribution in [-0.4, -0.2) is 5.54 Å². The summed E-state index contributed by atoms with van der Waals surface area (Å²) in [5.41, 5.74) is 5.79. The van der Waals surface area contributed by atoms with E-state index in [1.54, 1.807) is 0 Å². The van der Waals surface area contributed by atoms with Crippen LogP contribution in [0.5, 0.6) is 0 Å². The quantitative estimate of drug-likeness (QED) is 0.555. The van der Waals surface area contributed by atoms with Gasteiger partial charge in [-0.1, -0.05) is 17.7 Å². The van der Waals surface area contributed by atoms with E-state index in [1.165, 1.54) is 0 Å². The normalized spacial score (nSPS) is 36.1. The average molecular weight is 146 g/mol. The van der Waals surface area contributed by atoms with Crippen molar-refractivity contribution in [2.75, 3.05) is 0 Å². The first-order valence-electron chi connectivity index (χ1n) is 3.24. The van der Waals surface area contributed by atoms with Crippen LogP contribution < -0.4 is 5.73 Å². The van der Waals surface area contributed by atoms with Gasteiger partial charge in [0.1, 0.15) is 0 Å². The highest BCUT2D eigenvalue weighted by molar-refractivity contribution is 6.29. The van der Waals surface area contributed by atoms with Crippen LogP contribution in [0, 0.1) is 0 Å². The van der Waals surface area contributed by atoms with Crippen molar-refractivity contribution >= 4 is 11.6 Å². The second kappa shape index (κ2) is 2.31. The Morgan fingerprint density at radius 2 is 2.44 bits per heavy atom. The summed E-state index contributed by atoms with van der Waals surface area (Å²) in [4.78, 5) is 0. The molecule has 0 saturated carbocycles. The van der Waals surface area contributed by atoms with E-state index in [0.717, 1.165) is 24.3 Å². The number of hydrogen-bond donors (Lipinski definition) is 1. The fraction of sp³-hybridized carbons (Fsp3) is 0.714. The van der Waals surface area contributed by atoms with Gasteiger partial charge in [-0.2, -0.15) is 0 Å². The van der Waals surface area contributed by atoms with Crippen molar-refractivity contribution < 1.29 is 0 Å². The lowest BCUT2D eigenvalue weighted by molar-refractivity contribution is 0.423. The molecule has 0 bridgehead atoms. The van der Waals surface area contributed by atoms with Gasteiger partial charge in [0.25, 0.3) is 0 Å². The Kier molecular flexibility index (Phi) is 1.83. The van der Waals surface area contributed by atoms with Crippen molar-refractivity contribution in [3.8, 4) is 0 Å². The fourth-order valence-electron chi connectivity index (χ4n) is 1.10. The Morgan fingerprint density at radius 3 is 2.78 bits per heavy atom. The third-order valence-corrected chi connectivity index (χ3v) is 1.94. The van der Waals surface area contributed by atoms with Crippen LogP contribution in [0.2, 0.25) is 0 Å². The molecule has 0 fully saturated rings. The highest BCUT2D eigenvalue weighted by Crippen LogP contribution is 2.27. The number of halogens is 1. The van der Waals surface area contributed by atoms with E-state index in [4.69, 9.17) is 17.3 Å². The first-order valence-corrected chi connectivity index (χ1v) is 3.61. The van der Waals surface area contributed by atoms with Crippen LogP contribution in [0.15, 0.2) is 11.1 Å². The molecular formula is C7H12ClN. The van der Waals surface area contributed by atoms with Crippen molar-refractivity contribution in [3.63, 3.8) is 0 Å². The average Bonchev–Trinajstić information content (AvgIpc) is 1.60. The molecule has 52 valence electrons. The highest BCUT2D eigenvalue weighted by atomic mass is 35.5. The largest absolute Gasteiger partial charge is 0.325 e. The Labute approximate surface area is 60.9 Å². The van der Waals surface area contributed by atoms with Gasteiger partial charge < -0.3 is 5.73 Å². The van der Waals surface area contributed by atoms with E-state index in [1.807, 2.05) is 6.92 Å². The smallest absolute Gasteiger partial charge is 0.0178 e. The highest BCUT2D eigenvalue weighted by Gasteiger charge is 2.21. The van der Waals surface area contributed by atoms with Crippen molar-refractivity contribution in [1.29, 1.82) is 0 Å². The molecule has 1 rings (SSSR count). The monoisotopic (exact) mass is 145 g/mol. The fourth-order valence-corrected chi connectivity index (χ4v) is 1.52. The SMILES string of the molecule is C[C@@]1(N)CCC=C(Cl)C1. The molecule has 0 spiro atoms. The van der Waals surface area contributed by atoms with E-state index in [9.17, 15) is 0 Å². The molecule has 0 heterocycles. The second-order valence-corrected chi connectivity index (χ2v) is 3.51. The van der Waals surface area contributed by atoms with Gasteiger partial charge in [-0.05, 0) is 19.8 Å². The molecule has 1 aliphatic rings. The molecule has 0 aliphatic heterocycles. The molecule has 1 atom stereocenters. The summed E-state index contributed by atoms with van der Waals surface area (Å²) in [6, 6.07) is 0. The first kappa shape index (κ1) is 7.10. The van der Waals surface area contributed by atoms with Gasteiger partial charge >= 0.3 is 0 Å². The number of nitrogens with two attached hydrogens (primary N) is 1. The molecule has 0 aromatic rings. The van der Waals surface area contributed by atoms with Crippen LogP contribution >= 0.6 is 11.6 Å². The third kappa shape index (κ3) is 1.99. The van der Waals surface area contributed by atoms with Gasteiger partial charge in [-0.3, -0.25) is 0 Å². The molecule has 2 N–H and O–H groups in total. The summed E-state index contributed by atoms with van der Waals surface area (Å²) in [6.07, 6.45) is 4.99. The van der Waals surface area contributed by atoms with E-state index in [2.05, 4.69) is 6.08 Å². The molecule has 0 radical (unpaired) electrons. The Hall–Kier alpha value is -0.0100. The molecule has 1 aliphatic carbocycles. The summed E-state index contributed by atoms with van der Waals surface area (Å²) in [7, 11) is 0. The molecule has 9 heavy (non-hydrogen) atoms. The minimum Gasteiger partial charge on any atom is -0.325 e. The molecular weight excluding hydrogens is 134 g/mol. The molecule has 0 aromatic carbocycles. The summed E-state index contributed by atoms with van der Waals surface area (Å²) >= 11 is 5.78. The van der Waals surface area contributed by atoms with Crippen molar-refractivity contribution in [2.45, 2.75) is 31.7 Å². The van der Waals surface area contributed by atoms with E-state index < -0.39 is 0 Å². The Morgan fingerprint density at radius 1 is 1.78 bits per heavy atom. The van der Waals surface area contributed by atoms with Gasteiger partial charge in [0.2, 0.25) is 0 Å². The topological polar surface area (TPSA) is 26.0 Å². The molecule has 0 amide bonds. The van der Waals surface area contributed by atoms with E-state index in [-0.39, 0.29) is 5.54 Å². The van der Waals surface area contributed by atoms with Gasteiger partial charge in [-0.25, -0.2) is 0 Å². The van der Waals surface area contributed by atoms with Crippen LogP contribution in [0.3, 0.4) is 0 Å². The maximum atomic E-state index is 5.84. The predicted octanol–water partition coefficient (Wildman–Crippen LogP) is 2.01. The third-order valence-electron chi connectivity index (χ3n) is 1.65. The zero-order valence-electron chi connectivity index (χ0n) is 5.65. The summed E-state index contributed by atoms with van der Waals surface area (Å²) in [5, 5.41) is 0.922. The summed E-state index contributed by atoms with van der Waals surface area (Å²) in [6.45, 7) is 2.04. The summed E-state index contributed by atoms with van der Waals surface area (Å²) < 4.78 is 0. The second-order valence-electron chi connectivity index (χ2n) is 3.02. The Bertz CT molecular complexity index is 138. The zero-order chi connectivity index (χ0) is 6.91. The standard InChI is InChI=1S/C7H12ClN/c1-7(9)4-2-3-6(8)5-7/h3H,2,4-5,9H2,1H3/t7-/m1/s1. The zero-order valence-corrected chi connectivity index (χ0v) is 6.41. The van der Waals surface area contributed by atoms with Crippen molar-refractivity contribution in [1.82, 2.24) is 0 Å². The van der Waals surface area contributed by atoms with E-state index >= 15 is 0 Å². The molecule has 0 saturated heterocycles. The van der Waals surface area contributed by atoms with Gasteiger partial charge in [0.05, 0.1) is 0 Å². The lowest BCUT2D eigenvalue weighted by Gasteiger charge is -2.27. The number of rotatable bonds is 0. The molecule has 0 unspecified atom stereocenters. The number of allylic oxidation sites excluding steroid dienone is 1. The molecule has 2 heteroatoms.